The lowest BCUT2D eigenvalue weighted by Gasteiger charge is -2.10. The van der Waals surface area contributed by atoms with E-state index in [1.54, 1.807) is 0 Å². The van der Waals surface area contributed by atoms with E-state index in [2.05, 4.69) is 84.9 Å². The molecule has 0 atom stereocenters. The minimum atomic E-state index is 1.03. The van der Waals surface area contributed by atoms with Gasteiger partial charge < -0.3 is 0 Å². The number of nitrogens with zero attached hydrogens (tertiary/aromatic N) is 2. The van der Waals surface area contributed by atoms with Crippen LogP contribution < -0.4 is 0 Å². The lowest BCUT2D eigenvalue weighted by molar-refractivity contribution is 1.51. The number of hydrogen-bond acceptors (Lipinski definition) is 2. The molecule has 0 saturated carbocycles. The standard InChI is InChI=1S/C28H16N2/c1-3-7-25-19(5-1)13-21-11-9-17-16-24-18(15-23(17)27(21)29-25)10-12-22-14-20-6-2-4-8-26(20)30-28(22)24/h1-16H. The summed E-state index contributed by atoms with van der Waals surface area (Å²) < 4.78 is 0. The highest BCUT2D eigenvalue weighted by atomic mass is 14.7. The average Bonchev–Trinajstić information content (AvgIpc) is 2.80. The molecular weight excluding hydrogens is 364 g/mol. The zero-order chi connectivity index (χ0) is 19.7. The third-order valence-corrected chi connectivity index (χ3v) is 6.12. The molecule has 0 unspecified atom stereocenters. The molecule has 7 rings (SSSR count). The highest BCUT2D eigenvalue weighted by Gasteiger charge is 2.09. The Morgan fingerprint density at radius 2 is 0.800 bits per heavy atom. The fourth-order valence-corrected chi connectivity index (χ4v) is 4.63. The summed E-state index contributed by atoms with van der Waals surface area (Å²) in [5.41, 5.74) is 4.17. The summed E-state index contributed by atoms with van der Waals surface area (Å²) in [7, 11) is 0. The zero-order valence-corrected chi connectivity index (χ0v) is 16.1. The van der Waals surface area contributed by atoms with E-state index in [1.807, 2.05) is 12.1 Å². The van der Waals surface area contributed by atoms with Crippen LogP contribution in [0.25, 0.3) is 65.2 Å². The third kappa shape index (κ3) is 2.19. The summed E-state index contributed by atoms with van der Waals surface area (Å²) in [4.78, 5) is 10.0. The van der Waals surface area contributed by atoms with E-state index in [-0.39, 0.29) is 0 Å². The van der Waals surface area contributed by atoms with E-state index in [0.717, 1.165) is 22.1 Å². The topological polar surface area (TPSA) is 25.8 Å². The lowest BCUT2D eigenvalue weighted by atomic mass is 9.98. The van der Waals surface area contributed by atoms with Crippen molar-refractivity contribution in [1.82, 2.24) is 9.97 Å². The van der Waals surface area contributed by atoms with Gasteiger partial charge in [-0.05, 0) is 47.2 Å². The van der Waals surface area contributed by atoms with Crippen LogP contribution in [-0.4, -0.2) is 9.97 Å². The lowest BCUT2D eigenvalue weighted by Crippen LogP contribution is -1.87. The van der Waals surface area contributed by atoms with E-state index in [1.165, 1.54) is 43.1 Å². The van der Waals surface area contributed by atoms with Crippen LogP contribution in [0.2, 0.25) is 0 Å². The molecular formula is C28H16N2. The second-order valence-electron chi connectivity index (χ2n) is 7.93. The fraction of sp³-hybridized carbons (Fsp3) is 0. The van der Waals surface area contributed by atoms with Crippen LogP contribution in [0.5, 0.6) is 0 Å². The summed E-state index contributed by atoms with van der Waals surface area (Å²) in [6.45, 7) is 0. The quantitative estimate of drug-likeness (QED) is 0.202. The highest BCUT2D eigenvalue weighted by Crippen LogP contribution is 2.33. The Labute approximate surface area is 172 Å². The van der Waals surface area contributed by atoms with Crippen LogP contribution in [0.4, 0.5) is 0 Å². The summed E-state index contributed by atoms with van der Waals surface area (Å²) in [5.74, 6) is 0. The van der Waals surface area contributed by atoms with Crippen LogP contribution in [-0.2, 0) is 0 Å². The Morgan fingerprint density at radius 3 is 1.30 bits per heavy atom. The first-order valence-corrected chi connectivity index (χ1v) is 10.2. The average molecular weight is 380 g/mol. The molecule has 0 aliphatic rings. The van der Waals surface area contributed by atoms with E-state index in [0.29, 0.717) is 0 Å². The predicted molar refractivity (Wildman–Crippen MR) is 127 cm³/mol. The molecule has 0 fully saturated rings. The van der Waals surface area contributed by atoms with Crippen LogP contribution in [0.15, 0.2) is 97.1 Å². The molecule has 2 nitrogen and oxygen atoms in total. The van der Waals surface area contributed by atoms with Gasteiger partial charge in [-0.15, -0.1) is 0 Å². The van der Waals surface area contributed by atoms with Crippen molar-refractivity contribution in [3.63, 3.8) is 0 Å². The minimum Gasteiger partial charge on any atom is -0.247 e. The van der Waals surface area contributed by atoms with E-state index >= 15 is 0 Å². The molecule has 0 saturated heterocycles. The molecule has 5 aromatic carbocycles. The molecule has 0 aliphatic carbocycles. The van der Waals surface area contributed by atoms with Crippen molar-refractivity contribution in [2.24, 2.45) is 0 Å². The smallest absolute Gasteiger partial charge is 0.0788 e. The van der Waals surface area contributed by atoms with E-state index in [9.17, 15) is 0 Å². The normalized spacial score (nSPS) is 12.0. The second kappa shape index (κ2) is 5.74. The number of pyridine rings is 2. The maximum atomic E-state index is 5.00. The Hall–Kier alpha value is -4.04. The maximum Gasteiger partial charge on any atom is 0.0788 e. The Balaban J connectivity index is 1.61. The predicted octanol–water partition coefficient (Wildman–Crippen LogP) is 7.40. The first kappa shape index (κ1) is 15.8. The number of benzene rings is 5. The Bertz CT molecular complexity index is 1660. The molecule has 0 spiro atoms. The number of hydrogen-bond donors (Lipinski definition) is 0. The minimum absolute atomic E-state index is 1.03. The summed E-state index contributed by atoms with van der Waals surface area (Å²) in [5, 5.41) is 9.45. The van der Waals surface area contributed by atoms with Gasteiger partial charge in [0.25, 0.3) is 0 Å². The summed E-state index contributed by atoms with van der Waals surface area (Å²) in [6, 6.07) is 34.4. The molecule has 7 aromatic rings. The molecule has 0 radical (unpaired) electrons. The van der Waals surface area contributed by atoms with Crippen LogP contribution in [0.3, 0.4) is 0 Å². The fourth-order valence-electron chi connectivity index (χ4n) is 4.63. The zero-order valence-electron chi connectivity index (χ0n) is 16.1. The monoisotopic (exact) mass is 380 g/mol. The number of para-hydroxylation sites is 2. The molecule has 30 heavy (non-hydrogen) atoms. The molecule has 0 aliphatic heterocycles. The van der Waals surface area contributed by atoms with Gasteiger partial charge in [0.15, 0.2) is 0 Å². The summed E-state index contributed by atoms with van der Waals surface area (Å²) >= 11 is 0. The van der Waals surface area contributed by atoms with Crippen molar-refractivity contribution in [2.45, 2.75) is 0 Å². The van der Waals surface area contributed by atoms with Gasteiger partial charge >= 0.3 is 0 Å². The molecule has 138 valence electrons. The third-order valence-electron chi connectivity index (χ3n) is 6.12. The number of rotatable bonds is 0. The van der Waals surface area contributed by atoms with Crippen molar-refractivity contribution in [3.05, 3.63) is 97.1 Å². The van der Waals surface area contributed by atoms with Crippen molar-refractivity contribution in [1.29, 1.82) is 0 Å². The van der Waals surface area contributed by atoms with Crippen molar-refractivity contribution >= 4 is 65.2 Å². The van der Waals surface area contributed by atoms with Crippen LogP contribution in [0, 0.1) is 0 Å². The summed E-state index contributed by atoms with van der Waals surface area (Å²) in [6.07, 6.45) is 0. The SMILES string of the molecule is c1ccc2nc3c(ccc4cc5c(ccc6cc7ccccc7nc65)cc43)cc2c1. The van der Waals surface area contributed by atoms with Gasteiger partial charge in [-0.3, -0.25) is 0 Å². The van der Waals surface area contributed by atoms with Crippen molar-refractivity contribution < 1.29 is 0 Å². The van der Waals surface area contributed by atoms with E-state index < -0.39 is 0 Å². The van der Waals surface area contributed by atoms with Gasteiger partial charge in [-0.1, -0.05) is 60.7 Å². The van der Waals surface area contributed by atoms with Crippen LogP contribution >= 0.6 is 0 Å². The van der Waals surface area contributed by atoms with Gasteiger partial charge in [0, 0.05) is 32.3 Å². The van der Waals surface area contributed by atoms with Gasteiger partial charge in [0.05, 0.1) is 22.1 Å². The first-order valence-electron chi connectivity index (χ1n) is 10.2. The second-order valence-corrected chi connectivity index (χ2v) is 7.93. The molecule has 0 amide bonds. The number of aromatic nitrogens is 2. The number of fused-ring (bicyclic) bond motifs is 8. The Kier molecular flexibility index (Phi) is 3.03. The van der Waals surface area contributed by atoms with Gasteiger partial charge in [-0.2, -0.15) is 0 Å². The van der Waals surface area contributed by atoms with Crippen molar-refractivity contribution in [3.8, 4) is 0 Å². The van der Waals surface area contributed by atoms with Gasteiger partial charge in [-0.25, -0.2) is 9.97 Å². The molecule has 0 N–H and O–H groups in total. The largest absolute Gasteiger partial charge is 0.247 e. The van der Waals surface area contributed by atoms with Crippen LogP contribution in [0.1, 0.15) is 0 Å². The Morgan fingerprint density at radius 1 is 0.367 bits per heavy atom. The maximum absolute atomic E-state index is 5.00. The van der Waals surface area contributed by atoms with E-state index in [4.69, 9.17) is 9.97 Å². The molecule has 2 aromatic heterocycles. The first-order chi connectivity index (χ1) is 14.8. The molecule has 0 bridgehead atoms. The van der Waals surface area contributed by atoms with Gasteiger partial charge in [0.1, 0.15) is 0 Å². The highest BCUT2D eigenvalue weighted by molar-refractivity contribution is 6.17. The van der Waals surface area contributed by atoms with Gasteiger partial charge in [0.2, 0.25) is 0 Å². The molecule has 2 heteroatoms. The van der Waals surface area contributed by atoms with Crippen molar-refractivity contribution in [2.75, 3.05) is 0 Å². The molecule has 2 heterocycles.